The summed E-state index contributed by atoms with van der Waals surface area (Å²) in [5.41, 5.74) is 0. The molecule has 0 radical (unpaired) electrons. The van der Waals surface area contributed by atoms with E-state index < -0.39 is 36.9 Å². The molecular weight excluding hydrogens is 755 g/mol. The number of carbonyl (C=O) groups is 1. The molecule has 0 rings (SSSR count). The number of unbranched alkanes of at least 4 members (excludes halogenated alkanes) is 37. The van der Waals surface area contributed by atoms with Crippen LogP contribution in [0.3, 0.4) is 0 Å². The van der Waals surface area contributed by atoms with Crippen LogP contribution in [0.5, 0.6) is 0 Å². The quantitative estimate of drug-likeness (QED) is 0.0309. The van der Waals surface area contributed by atoms with Gasteiger partial charge in [0.2, 0.25) is 5.91 Å². The Morgan fingerprint density at radius 1 is 0.410 bits per heavy atom. The van der Waals surface area contributed by atoms with Gasteiger partial charge in [-0.1, -0.05) is 269 Å². The van der Waals surface area contributed by atoms with Crippen LogP contribution in [0.1, 0.15) is 290 Å². The number of aliphatic hydroxyl groups is 4. The van der Waals surface area contributed by atoms with Crippen molar-refractivity contribution in [1.82, 2.24) is 5.32 Å². The van der Waals surface area contributed by atoms with E-state index in [0.717, 1.165) is 57.8 Å². The lowest BCUT2D eigenvalue weighted by Gasteiger charge is -2.27. The molecule has 0 bridgehead atoms. The lowest BCUT2D eigenvalue weighted by atomic mass is 9.99. The van der Waals surface area contributed by atoms with Gasteiger partial charge in [0, 0.05) is 0 Å². The van der Waals surface area contributed by atoms with Gasteiger partial charge in [-0.05, 0) is 44.9 Å². The van der Waals surface area contributed by atoms with Gasteiger partial charge in [0.15, 0.2) is 0 Å². The lowest BCUT2D eigenvalue weighted by molar-refractivity contribution is -0.132. The number of allylic oxidation sites excluding steroid dienone is 4. The molecule has 0 aromatic rings. The van der Waals surface area contributed by atoms with E-state index in [2.05, 4.69) is 43.5 Å². The van der Waals surface area contributed by atoms with Gasteiger partial charge in [0.05, 0.1) is 18.8 Å². The minimum atomic E-state index is -1.26. The molecule has 61 heavy (non-hydrogen) atoms. The van der Waals surface area contributed by atoms with Crippen molar-refractivity contribution < 1.29 is 25.2 Å². The molecule has 0 aromatic carbocycles. The summed E-state index contributed by atoms with van der Waals surface area (Å²) in [5.74, 6) is -0.589. The van der Waals surface area contributed by atoms with Gasteiger partial charge < -0.3 is 25.7 Å². The van der Waals surface area contributed by atoms with Crippen LogP contribution < -0.4 is 5.32 Å². The molecule has 0 aliphatic carbocycles. The number of rotatable bonds is 50. The van der Waals surface area contributed by atoms with Crippen LogP contribution in [0.15, 0.2) is 24.3 Å². The fourth-order valence-corrected chi connectivity index (χ4v) is 8.61. The third kappa shape index (κ3) is 43.8. The second kappa shape index (κ2) is 49.8. The van der Waals surface area contributed by atoms with E-state index in [0.29, 0.717) is 12.8 Å². The maximum atomic E-state index is 12.6. The molecule has 0 aliphatic heterocycles. The average Bonchev–Trinajstić information content (AvgIpc) is 3.26. The van der Waals surface area contributed by atoms with Crippen LogP contribution in [0.4, 0.5) is 0 Å². The molecule has 0 saturated carbocycles. The molecule has 0 aliphatic rings. The first-order chi connectivity index (χ1) is 30.0. The molecule has 0 fully saturated rings. The molecule has 4 unspecified atom stereocenters. The fourth-order valence-electron chi connectivity index (χ4n) is 8.61. The van der Waals surface area contributed by atoms with Gasteiger partial charge in [-0.25, -0.2) is 0 Å². The molecule has 0 heterocycles. The summed E-state index contributed by atoms with van der Waals surface area (Å²) in [6.45, 7) is 4.05. The van der Waals surface area contributed by atoms with Crippen molar-refractivity contribution in [1.29, 1.82) is 0 Å². The molecule has 1 amide bonds. The number of carbonyl (C=O) groups excluding carboxylic acids is 1. The zero-order chi connectivity index (χ0) is 44.5. The summed E-state index contributed by atoms with van der Waals surface area (Å²) in [7, 11) is 0. The maximum absolute atomic E-state index is 12.6. The summed E-state index contributed by atoms with van der Waals surface area (Å²) in [5, 5.41) is 43.9. The standard InChI is InChI=1S/C55H107NO5/c1-3-5-7-9-11-13-15-17-19-21-22-23-24-25-26-27-28-29-30-31-32-33-35-36-38-40-42-44-46-48-52(58)54(60)51(50-57)56-55(61)53(59)49-47-45-43-41-39-37-34-20-18-16-14-12-10-8-6-4-2/h12,14,18,20,51-54,57-60H,3-11,13,15-17,19,21-50H2,1-2H3,(H,56,61)/b14-12-,20-18-. The highest BCUT2D eigenvalue weighted by atomic mass is 16.3. The monoisotopic (exact) mass is 862 g/mol. The largest absolute Gasteiger partial charge is 0.394 e. The van der Waals surface area contributed by atoms with Crippen LogP contribution >= 0.6 is 0 Å². The molecule has 4 atom stereocenters. The molecule has 0 aromatic heterocycles. The van der Waals surface area contributed by atoms with Crippen molar-refractivity contribution in [2.45, 2.75) is 314 Å². The maximum Gasteiger partial charge on any atom is 0.249 e. The van der Waals surface area contributed by atoms with Gasteiger partial charge in [-0.2, -0.15) is 0 Å². The van der Waals surface area contributed by atoms with Crippen LogP contribution in [-0.4, -0.2) is 57.3 Å². The van der Waals surface area contributed by atoms with E-state index in [-0.39, 0.29) is 0 Å². The van der Waals surface area contributed by atoms with Crippen molar-refractivity contribution >= 4 is 5.91 Å². The van der Waals surface area contributed by atoms with Crippen LogP contribution in [-0.2, 0) is 4.79 Å². The highest BCUT2D eigenvalue weighted by Gasteiger charge is 2.28. The summed E-state index contributed by atoms with van der Waals surface area (Å²) in [6.07, 6.45) is 59.6. The van der Waals surface area contributed by atoms with Crippen LogP contribution in [0, 0.1) is 0 Å². The highest BCUT2D eigenvalue weighted by Crippen LogP contribution is 2.18. The van der Waals surface area contributed by atoms with E-state index in [4.69, 9.17) is 0 Å². The average molecular weight is 862 g/mol. The summed E-state index contributed by atoms with van der Waals surface area (Å²) in [4.78, 5) is 12.6. The third-order valence-corrected chi connectivity index (χ3v) is 12.9. The third-order valence-electron chi connectivity index (χ3n) is 12.9. The van der Waals surface area contributed by atoms with E-state index in [1.807, 2.05) is 0 Å². The number of aliphatic hydroxyl groups excluding tert-OH is 4. The molecule has 6 heteroatoms. The van der Waals surface area contributed by atoms with Crippen molar-refractivity contribution in [3.05, 3.63) is 24.3 Å². The zero-order valence-corrected chi connectivity index (χ0v) is 40.9. The lowest BCUT2D eigenvalue weighted by Crippen LogP contribution is -2.53. The van der Waals surface area contributed by atoms with Crippen molar-refractivity contribution in [3.8, 4) is 0 Å². The van der Waals surface area contributed by atoms with Gasteiger partial charge in [-0.3, -0.25) is 4.79 Å². The van der Waals surface area contributed by atoms with Gasteiger partial charge in [0.25, 0.3) is 0 Å². The second-order valence-electron chi connectivity index (χ2n) is 18.9. The Hall–Kier alpha value is -1.21. The van der Waals surface area contributed by atoms with Gasteiger partial charge in [-0.15, -0.1) is 0 Å². The molecule has 0 spiro atoms. The van der Waals surface area contributed by atoms with Crippen molar-refractivity contribution in [3.63, 3.8) is 0 Å². The van der Waals surface area contributed by atoms with Crippen molar-refractivity contribution in [2.24, 2.45) is 0 Å². The molecular formula is C55H107NO5. The van der Waals surface area contributed by atoms with Crippen molar-refractivity contribution in [2.75, 3.05) is 6.61 Å². The summed E-state index contributed by atoms with van der Waals surface area (Å²) in [6, 6.07) is -0.989. The number of hydrogen-bond donors (Lipinski definition) is 5. The Balaban J connectivity index is 3.59. The smallest absolute Gasteiger partial charge is 0.249 e. The Morgan fingerprint density at radius 2 is 0.705 bits per heavy atom. The van der Waals surface area contributed by atoms with E-state index in [1.54, 1.807) is 0 Å². The van der Waals surface area contributed by atoms with Gasteiger partial charge in [0.1, 0.15) is 12.2 Å². The van der Waals surface area contributed by atoms with E-state index >= 15 is 0 Å². The van der Waals surface area contributed by atoms with E-state index in [9.17, 15) is 25.2 Å². The molecule has 362 valence electrons. The number of nitrogens with one attached hydrogen (secondary N) is 1. The zero-order valence-electron chi connectivity index (χ0n) is 40.9. The van der Waals surface area contributed by atoms with Gasteiger partial charge >= 0.3 is 0 Å². The van der Waals surface area contributed by atoms with Crippen LogP contribution in [0.25, 0.3) is 0 Å². The Labute approximate surface area is 380 Å². The predicted octanol–water partition coefficient (Wildman–Crippen LogP) is 15.5. The highest BCUT2D eigenvalue weighted by molar-refractivity contribution is 5.80. The summed E-state index contributed by atoms with van der Waals surface area (Å²) < 4.78 is 0. The summed E-state index contributed by atoms with van der Waals surface area (Å²) >= 11 is 0. The second-order valence-corrected chi connectivity index (χ2v) is 18.9. The Kier molecular flexibility index (Phi) is 48.8. The topological polar surface area (TPSA) is 110 Å². The first kappa shape index (κ1) is 59.8. The molecule has 5 N–H and O–H groups in total. The Bertz CT molecular complexity index is 924. The molecule has 0 saturated heterocycles. The number of amides is 1. The number of hydrogen-bond acceptors (Lipinski definition) is 5. The first-order valence-electron chi connectivity index (χ1n) is 27.2. The van der Waals surface area contributed by atoms with Crippen LogP contribution in [0.2, 0.25) is 0 Å². The Morgan fingerprint density at radius 3 is 1.07 bits per heavy atom. The molecule has 6 nitrogen and oxygen atoms in total. The minimum Gasteiger partial charge on any atom is -0.394 e. The predicted molar refractivity (Wildman–Crippen MR) is 265 cm³/mol. The SMILES string of the molecule is CCCCC/C=C\C/C=C\CCCCCCCCC(O)C(=O)NC(CO)C(O)C(O)CCCCCCCCCCCCCCCCCCCCCCCCCCCCCCC. The normalized spacial score (nSPS) is 14.0. The first-order valence-corrected chi connectivity index (χ1v) is 27.2. The van der Waals surface area contributed by atoms with E-state index in [1.165, 1.54) is 205 Å². The minimum absolute atomic E-state index is 0.358. The fraction of sp³-hybridized carbons (Fsp3) is 0.909.